The van der Waals surface area contributed by atoms with Crippen LogP contribution in [0.15, 0.2) is 0 Å². The van der Waals surface area contributed by atoms with E-state index in [1.807, 2.05) is 13.8 Å². The number of nitrogens with zero attached hydrogens (tertiary/aromatic N) is 1. The molecular weight excluding hydrogens is 98.1 g/mol. The van der Waals surface area contributed by atoms with Crippen LogP contribution >= 0.6 is 0 Å². The molecule has 0 N–H and O–H groups in total. The second kappa shape index (κ2) is 28.2. The van der Waals surface area contributed by atoms with Gasteiger partial charge in [-0.05, 0) is 0 Å². The van der Waals surface area contributed by atoms with Crippen molar-refractivity contribution in [2.24, 2.45) is 0 Å². The van der Waals surface area contributed by atoms with Gasteiger partial charge < -0.3 is 0 Å². The Morgan fingerprint density at radius 1 is 0.875 bits per heavy atom. The van der Waals surface area contributed by atoms with Gasteiger partial charge in [-0.1, -0.05) is 47.0 Å². The second-order valence-electron chi connectivity index (χ2n) is 1.35. The van der Waals surface area contributed by atoms with E-state index in [1.165, 1.54) is 19.3 Å². The van der Waals surface area contributed by atoms with Crippen molar-refractivity contribution in [3.05, 3.63) is 0 Å². The molecular formula is C7H18N. The number of hydrogen-bond donors (Lipinski definition) is 0. The molecule has 0 bridgehead atoms. The Kier molecular flexibility index (Phi) is 55.3. The van der Waals surface area contributed by atoms with Gasteiger partial charge in [0.05, 0.1) is 0 Å². The molecule has 0 unspecified atom stereocenters. The van der Waals surface area contributed by atoms with E-state index in [1.54, 1.807) is 0 Å². The van der Waals surface area contributed by atoms with Gasteiger partial charge in [-0.2, -0.15) is 0 Å². The van der Waals surface area contributed by atoms with E-state index < -0.39 is 0 Å². The summed E-state index contributed by atoms with van der Waals surface area (Å²) in [7, 11) is 0. The van der Waals surface area contributed by atoms with Crippen molar-refractivity contribution in [2.75, 3.05) is 0 Å². The summed E-state index contributed by atoms with van der Waals surface area (Å²) in [6.45, 7) is 8.42. The maximum Gasteiger partial charge on any atom is 0 e. The first kappa shape index (κ1) is 15.7. The van der Waals surface area contributed by atoms with Crippen LogP contribution in [0.5, 0.6) is 0 Å². The molecule has 1 nitrogen and oxygen atoms in total. The number of rotatable bonds is 2. The fraction of sp³-hybridized carbons (Fsp3) is 1.00. The van der Waals surface area contributed by atoms with E-state index in [-0.39, 0.29) is 6.15 Å². The smallest absolute Gasteiger partial charge is 0 e. The van der Waals surface area contributed by atoms with Crippen molar-refractivity contribution in [3.8, 4) is 0 Å². The highest BCUT2D eigenvalue weighted by atomic mass is 14.0. The first-order valence-corrected chi connectivity index (χ1v) is 3.41. The Labute approximate surface area is 54.1 Å². The Morgan fingerprint density at radius 2 is 1.12 bits per heavy atom. The van der Waals surface area contributed by atoms with Crippen molar-refractivity contribution in [1.82, 2.24) is 6.15 Å². The lowest BCUT2D eigenvalue weighted by Crippen LogP contribution is -1.59. The highest BCUT2D eigenvalue weighted by molar-refractivity contribution is 4.24. The molecule has 0 aromatic carbocycles. The second-order valence-corrected chi connectivity index (χ2v) is 1.35. The average Bonchev–Trinajstić information content (AvgIpc) is 1.75. The molecule has 0 saturated carbocycles. The molecule has 0 spiro atoms. The molecule has 0 heterocycles. The van der Waals surface area contributed by atoms with Gasteiger partial charge in [-0.25, -0.2) is 0 Å². The quantitative estimate of drug-likeness (QED) is 0.531. The monoisotopic (exact) mass is 116 g/mol. The molecule has 0 aromatic heterocycles. The Morgan fingerprint density at radius 3 is 1.12 bits per heavy atom. The van der Waals surface area contributed by atoms with E-state index in [0.717, 1.165) is 0 Å². The van der Waals surface area contributed by atoms with Crippen molar-refractivity contribution < 1.29 is 0 Å². The molecule has 3 radical (unpaired) electrons. The highest BCUT2D eigenvalue weighted by Gasteiger charge is 1.68. The summed E-state index contributed by atoms with van der Waals surface area (Å²) in [6, 6.07) is 0. The summed E-state index contributed by atoms with van der Waals surface area (Å²) in [5, 5.41) is 0. The molecule has 0 atom stereocenters. The molecule has 0 aliphatic carbocycles. The molecule has 0 aliphatic rings. The summed E-state index contributed by atoms with van der Waals surface area (Å²) in [4.78, 5) is 0. The lowest BCUT2D eigenvalue weighted by Gasteiger charge is -1.79. The SMILES string of the molecule is CC.CCCCC.[N]. The van der Waals surface area contributed by atoms with Crippen LogP contribution in [0.4, 0.5) is 0 Å². The third-order valence-electron chi connectivity index (χ3n) is 0.707. The predicted molar refractivity (Wildman–Crippen MR) is 38.7 cm³/mol. The standard InChI is InChI=1S/C5H12.C2H6.N/c1-3-5-4-2;1-2;/h3-5H2,1-2H3;1-2H3;. The van der Waals surface area contributed by atoms with Crippen molar-refractivity contribution in [2.45, 2.75) is 47.0 Å². The van der Waals surface area contributed by atoms with Gasteiger partial charge >= 0.3 is 0 Å². The molecule has 8 heavy (non-hydrogen) atoms. The Balaban J connectivity index is -0.0000000750. The fourth-order valence-electron chi connectivity index (χ4n) is 0.354. The van der Waals surface area contributed by atoms with Gasteiger partial charge in [0.1, 0.15) is 0 Å². The normalized spacial score (nSPS) is 6.00. The van der Waals surface area contributed by atoms with E-state index >= 15 is 0 Å². The van der Waals surface area contributed by atoms with E-state index in [0.29, 0.717) is 0 Å². The molecule has 51 valence electrons. The summed E-state index contributed by atoms with van der Waals surface area (Å²) >= 11 is 0. The van der Waals surface area contributed by atoms with E-state index in [9.17, 15) is 0 Å². The van der Waals surface area contributed by atoms with E-state index in [4.69, 9.17) is 0 Å². The fourth-order valence-corrected chi connectivity index (χ4v) is 0.354. The minimum absolute atomic E-state index is 0. The third-order valence-corrected chi connectivity index (χ3v) is 0.707. The van der Waals surface area contributed by atoms with Gasteiger partial charge in [0.15, 0.2) is 0 Å². The van der Waals surface area contributed by atoms with Crippen molar-refractivity contribution in [1.29, 1.82) is 0 Å². The molecule has 0 saturated heterocycles. The van der Waals surface area contributed by atoms with Crippen LogP contribution in [0.3, 0.4) is 0 Å². The van der Waals surface area contributed by atoms with E-state index in [2.05, 4.69) is 13.8 Å². The number of unbranched alkanes of at least 4 members (excludes halogenated alkanes) is 2. The van der Waals surface area contributed by atoms with Gasteiger partial charge in [-0.3, -0.25) is 0 Å². The van der Waals surface area contributed by atoms with Crippen LogP contribution in [0.25, 0.3) is 0 Å². The largest absolute Gasteiger partial charge is 0.0683 e. The van der Waals surface area contributed by atoms with Gasteiger partial charge in [0.25, 0.3) is 0 Å². The lowest BCUT2D eigenvalue weighted by molar-refractivity contribution is 0.772. The molecule has 0 amide bonds. The van der Waals surface area contributed by atoms with Crippen LogP contribution in [0.2, 0.25) is 0 Å². The molecule has 0 aliphatic heterocycles. The topological polar surface area (TPSA) is 30.5 Å². The molecule has 1 heteroatoms. The van der Waals surface area contributed by atoms with Crippen LogP contribution in [-0.2, 0) is 0 Å². The zero-order chi connectivity index (χ0) is 6.12. The van der Waals surface area contributed by atoms with Gasteiger partial charge in [0, 0.05) is 6.15 Å². The third kappa shape index (κ3) is 38.2. The zero-order valence-electron chi connectivity index (χ0n) is 6.57. The predicted octanol–water partition coefficient (Wildman–Crippen LogP) is 2.74. The van der Waals surface area contributed by atoms with Crippen LogP contribution in [0.1, 0.15) is 47.0 Å². The maximum absolute atomic E-state index is 2.21. The Hall–Kier alpha value is -0.0400. The van der Waals surface area contributed by atoms with Gasteiger partial charge in [-0.15, -0.1) is 0 Å². The van der Waals surface area contributed by atoms with Gasteiger partial charge in [0.2, 0.25) is 0 Å². The average molecular weight is 116 g/mol. The van der Waals surface area contributed by atoms with Crippen molar-refractivity contribution >= 4 is 0 Å². The molecule has 0 aromatic rings. The molecule has 0 rings (SSSR count). The van der Waals surface area contributed by atoms with Crippen LogP contribution in [0, 0.1) is 0 Å². The maximum atomic E-state index is 2.21. The van der Waals surface area contributed by atoms with Crippen LogP contribution < -0.4 is 6.15 Å². The summed E-state index contributed by atoms with van der Waals surface area (Å²) < 4.78 is 0. The summed E-state index contributed by atoms with van der Waals surface area (Å²) in [5.74, 6) is 0. The number of hydrogen-bond acceptors (Lipinski definition) is 0. The lowest BCUT2D eigenvalue weighted by atomic mass is 10.3. The zero-order valence-corrected chi connectivity index (χ0v) is 6.57. The van der Waals surface area contributed by atoms with Crippen molar-refractivity contribution in [3.63, 3.8) is 0 Å². The minimum Gasteiger partial charge on any atom is -0.0683 e. The van der Waals surface area contributed by atoms with Crippen LogP contribution in [-0.4, -0.2) is 0 Å². The molecule has 0 fully saturated rings. The minimum atomic E-state index is 0. The first-order valence-electron chi connectivity index (χ1n) is 3.41. The highest BCUT2D eigenvalue weighted by Crippen LogP contribution is 1.88. The summed E-state index contributed by atoms with van der Waals surface area (Å²) in [5.41, 5.74) is 0. The summed E-state index contributed by atoms with van der Waals surface area (Å²) in [6.07, 6.45) is 4.08. The first-order chi connectivity index (χ1) is 3.41. The Bertz CT molecular complexity index is 11.9.